The Morgan fingerprint density at radius 3 is 2.69 bits per heavy atom. The van der Waals surface area contributed by atoms with E-state index in [4.69, 9.17) is 19.1 Å². The summed E-state index contributed by atoms with van der Waals surface area (Å²) in [5, 5.41) is 17.5. The van der Waals surface area contributed by atoms with Crippen LogP contribution in [0.4, 0.5) is 13.2 Å². The van der Waals surface area contributed by atoms with E-state index in [9.17, 15) is 18.0 Å². The number of rotatable bonds is 5. The van der Waals surface area contributed by atoms with Gasteiger partial charge < -0.3 is 19.6 Å². The Hall–Kier alpha value is -2.99. The number of carbonyl (C=O) groups excluding carboxylic acids is 1. The number of carbonyl (C=O) groups is 2. The maximum atomic E-state index is 12.1. The highest BCUT2D eigenvalue weighted by molar-refractivity contribution is 5.93. The number of aromatic nitrogens is 2. The number of alkyl halides is 3. The van der Waals surface area contributed by atoms with Crippen molar-refractivity contribution in [2.24, 2.45) is 11.8 Å². The predicted octanol–water partition coefficient (Wildman–Crippen LogP) is 1.97. The maximum Gasteiger partial charge on any atom is 0.490 e. The van der Waals surface area contributed by atoms with E-state index in [0.29, 0.717) is 23.9 Å². The Kier molecular flexibility index (Phi) is 7.80. The van der Waals surface area contributed by atoms with Crippen molar-refractivity contribution in [2.45, 2.75) is 25.2 Å². The van der Waals surface area contributed by atoms with Gasteiger partial charge in [0.2, 0.25) is 0 Å². The molecule has 0 saturated carbocycles. The molecule has 4 heterocycles. The fourth-order valence-corrected chi connectivity index (χ4v) is 3.86. The lowest BCUT2D eigenvalue weighted by molar-refractivity contribution is -0.192. The fraction of sp³-hybridized carbons (Fsp3) is 0.500. The van der Waals surface area contributed by atoms with Crippen LogP contribution < -0.4 is 5.32 Å². The SMILES string of the molecule is O=C(NC[C@@H]1OC[C@H]2CN(Cc3ccco3)CC[C@H]21)c1ccnnc1.O=C(O)C(F)(F)F. The molecule has 0 radical (unpaired) electrons. The van der Waals surface area contributed by atoms with Gasteiger partial charge in [-0.25, -0.2) is 4.79 Å². The van der Waals surface area contributed by atoms with Gasteiger partial charge in [-0.2, -0.15) is 23.4 Å². The Bertz CT molecular complexity index is 879. The second-order valence-electron chi connectivity index (χ2n) is 7.54. The minimum absolute atomic E-state index is 0.0921. The standard InChI is InChI=1S/C18H22N4O3.C2HF3O2/c23-18(13-3-5-20-21-8-13)19-9-17-16-4-6-22(10-14(16)12-25-17)11-15-2-1-7-24-15;3-2(4,5)1(6)7/h1-3,5,7-8,14,16-17H,4,6,9-12H2,(H,19,23);(H,6,7)/t14-,16-,17+;/m1./s1. The molecule has 0 aliphatic carbocycles. The number of carboxylic acids is 1. The van der Waals surface area contributed by atoms with Gasteiger partial charge in [-0.1, -0.05) is 0 Å². The van der Waals surface area contributed by atoms with Gasteiger partial charge in [-0.15, -0.1) is 0 Å². The second kappa shape index (κ2) is 10.6. The van der Waals surface area contributed by atoms with E-state index in [1.807, 2.05) is 12.1 Å². The minimum Gasteiger partial charge on any atom is -0.475 e. The Labute approximate surface area is 181 Å². The van der Waals surface area contributed by atoms with Gasteiger partial charge in [-0.05, 0) is 37.1 Å². The number of carboxylic acid groups (broad SMARTS) is 1. The summed E-state index contributed by atoms with van der Waals surface area (Å²) in [4.78, 5) is 23.5. The molecule has 3 atom stereocenters. The first-order valence-corrected chi connectivity index (χ1v) is 9.95. The van der Waals surface area contributed by atoms with E-state index < -0.39 is 12.1 Å². The van der Waals surface area contributed by atoms with Gasteiger partial charge in [0.05, 0.1) is 43.5 Å². The minimum atomic E-state index is -5.08. The molecule has 0 spiro atoms. The molecule has 12 heteroatoms. The van der Waals surface area contributed by atoms with Crippen molar-refractivity contribution < 1.29 is 37.0 Å². The van der Waals surface area contributed by atoms with E-state index in [-0.39, 0.29) is 12.0 Å². The summed E-state index contributed by atoms with van der Waals surface area (Å²) in [5.41, 5.74) is 0.526. The lowest BCUT2D eigenvalue weighted by Crippen LogP contribution is -2.43. The number of hydrogen-bond acceptors (Lipinski definition) is 7. The van der Waals surface area contributed by atoms with Crippen LogP contribution in [-0.2, 0) is 16.1 Å². The molecule has 0 bridgehead atoms. The van der Waals surface area contributed by atoms with Crippen LogP contribution in [0.25, 0.3) is 0 Å². The van der Waals surface area contributed by atoms with Crippen molar-refractivity contribution >= 4 is 11.9 Å². The van der Waals surface area contributed by atoms with Crippen molar-refractivity contribution in [3.8, 4) is 0 Å². The number of likely N-dealkylation sites (tertiary alicyclic amines) is 1. The largest absolute Gasteiger partial charge is 0.490 e. The van der Waals surface area contributed by atoms with E-state index in [0.717, 1.165) is 38.4 Å². The molecule has 2 aromatic heterocycles. The Morgan fingerprint density at radius 2 is 2.06 bits per heavy atom. The zero-order valence-electron chi connectivity index (χ0n) is 17.0. The zero-order valence-corrected chi connectivity index (χ0v) is 17.0. The summed E-state index contributed by atoms with van der Waals surface area (Å²) in [6.07, 6.45) is 0.807. The molecule has 2 fully saturated rings. The average Bonchev–Trinajstić information content (AvgIpc) is 3.42. The first kappa shape index (κ1) is 23.7. The second-order valence-corrected chi connectivity index (χ2v) is 7.54. The average molecular weight is 456 g/mol. The van der Waals surface area contributed by atoms with E-state index in [1.165, 1.54) is 12.4 Å². The van der Waals surface area contributed by atoms with Crippen LogP contribution in [0, 0.1) is 11.8 Å². The van der Waals surface area contributed by atoms with E-state index in [2.05, 4.69) is 20.4 Å². The van der Waals surface area contributed by atoms with Gasteiger partial charge in [-0.3, -0.25) is 9.69 Å². The van der Waals surface area contributed by atoms with Crippen LogP contribution in [0.15, 0.2) is 41.3 Å². The zero-order chi connectivity index (χ0) is 23.1. The van der Waals surface area contributed by atoms with Gasteiger partial charge in [0.1, 0.15) is 5.76 Å². The van der Waals surface area contributed by atoms with Gasteiger partial charge >= 0.3 is 12.1 Å². The monoisotopic (exact) mass is 456 g/mol. The molecule has 2 aliphatic rings. The number of nitrogens with one attached hydrogen (secondary N) is 1. The number of halogens is 3. The molecule has 0 unspecified atom stereocenters. The normalized spacial score (nSPS) is 23.0. The van der Waals surface area contributed by atoms with Crippen LogP contribution in [-0.4, -0.2) is 70.6 Å². The van der Waals surface area contributed by atoms with Crippen molar-refractivity contribution in [1.29, 1.82) is 0 Å². The van der Waals surface area contributed by atoms with Gasteiger partial charge in [0.15, 0.2) is 0 Å². The number of piperidine rings is 1. The van der Waals surface area contributed by atoms with E-state index in [1.54, 1.807) is 12.3 Å². The molecule has 174 valence electrons. The highest BCUT2D eigenvalue weighted by Gasteiger charge is 2.41. The molecular formula is C20H23F3N4O5. The molecule has 2 aliphatic heterocycles. The van der Waals surface area contributed by atoms with E-state index >= 15 is 0 Å². The first-order chi connectivity index (χ1) is 15.2. The Balaban J connectivity index is 0.000000360. The van der Waals surface area contributed by atoms with Crippen molar-refractivity contribution in [3.05, 3.63) is 48.2 Å². The topological polar surface area (TPSA) is 118 Å². The number of furan rings is 1. The number of hydrogen-bond donors (Lipinski definition) is 2. The molecule has 9 nitrogen and oxygen atoms in total. The molecule has 4 rings (SSSR count). The molecule has 2 N–H and O–H groups in total. The summed E-state index contributed by atoms with van der Waals surface area (Å²) < 4.78 is 43.2. The lowest BCUT2D eigenvalue weighted by atomic mass is 9.84. The molecule has 1 amide bonds. The highest BCUT2D eigenvalue weighted by atomic mass is 19.4. The predicted molar refractivity (Wildman–Crippen MR) is 103 cm³/mol. The third-order valence-corrected chi connectivity index (χ3v) is 5.39. The summed E-state index contributed by atoms with van der Waals surface area (Å²) in [6.45, 7) is 4.21. The molecule has 32 heavy (non-hydrogen) atoms. The summed E-state index contributed by atoms with van der Waals surface area (Å²) in [7, 11) is 0. The van der Waals surface area contributed by atoms with Crippen molar-refractivity contribution in [3.63, 3.8) is 0 Å². The Morgan fingerprint density at radius 1 is 1.28 bits per heavy atom. The summed E-state index contributed by atoms with van der Waals surface area (Å²) in [6, 6.07) is 5.61. The first-order valence-electron chi connectivity index (χ1n) is 9.95. The maximum absolute atomic E-state index is 12.1. The quantitative estimate of drug-likeness (QED) is 0.701. The molecule has 2 aromatic rings. The summed E-state index contributed by atoms with van der Waals surface area (Å²) >= 11 is 0. The highest BCUT2D eigenvalue weighted by Crippen LogP contribution is 2.34. The van der Waals surface area contributed by atoms with Gasteiger partial charge in [0.25, 0.3) is 5.91 Å². The molecule has 0 aromatic carbocycles. The van der Waals surface area contributed by atoms with Gasteiger partial charge in [0, 0.05) is 19.0 Å². The summed E-state index contributed by atoms with van der Waals surface area (Å²) in [5.74, 6) is -0.853. The smallest absolute Gasteiger partial charge is 0.475 e. The lowest BCUT2D eigenvalue weighted by Gasteiger charge is -2.35. The number of aliphatic carboxylic acids is 1. The van der Waals surface area contributed by atoms with Crippen LogP contribution in [0.2, 0.25) is 0 Å². The third-order valence-electron chi connectivity index (χ3n) is 5.39. The number of nitrogens with zero attached hydrogens (tertiary/aromatic N) is 3. The van der Waals surface area contributed by atoms with Crippen molar-refractivity contribution in [1.82, 2.24) is 20.4 Å². The van der Waals surface area contributed by atoms with Crippen LogP contribution in [0.1, 0.15) is 22.5 Å². The fourth-order valence-electron chi connectivity index (χ4n) is 3.86. The van der Waals surface area contributed by atoms with Crippen LogP contribution in [0.3, 0.4) is 0 Å². The van der Waals surface area contributed by atoms with Crippen LogP contribution in [0.5, 0.6) is 0 Å². The van der Waals surface area contributed by atoms with Crippen LogP contribution >= 0.6 is 0 Å². The number of ether oxygens (including phenoxy) is 1. The molecule has 2 saturated heterocycles. The third kappa shape index (κ3) is 6.50. The molecular weight excluding hydrogens is 433 g/mol. The van der Waals surface area contributed by atoms with Crippen molar-refractivity contribution in [2.75, 3.05) is 26.2 Å². The number of fused-ring (bicyclic) bond motifs is 1. The number of amides is 1.